The lowest BCUT2D eigenvalue weighted by molar-refractivity contribution is -0.141. The second-order valence-corrected chi connectivity index (χ2v) is 16.5. The first-order valence-corrected chi connectivity index (χ1v) is 15.1. The van der Waals surface area contributed by atoms with Crippen LogP contribution in [0.4, 0.5) is 0 Å². The Labute approximate surface area is 196 Å². The van der Waals surface area contributed by atoms with Crippen molar-refractivity contribution in [2.24, 2.45) is 16.7 Å². The van der Waals surface area contributed by atoms with Gasteiger partial charge in [-0.15, -0.1) is 0 Å². The zero-order valence-electron chi connectivity index (χ0n) is 21.5. The van der Waals surface area contributed by atoms with Gasteiger partial charge in [0.1, 0.15) is 6.79 Å². The Kier molecular flexibility index (Phi) is 7.63. The van der Waals surface area contributed by atoms with Crippen LogP contribution in [0.2, 0.25) is 18.1 Å². The van der Waals surface area contributed by atoms with Gasteiger partial charge in [0.25, 0.3) is 0 Å². The van der Waals surface area contributed by atoms with Gasteiger partial charge >= 0.3 is 0 Å². The number of allylic oxidation sites excluding steroid dienone is 1. The first-order chi connectivity index (χ1) is 14.9. The van der Waals surface area contributed by atoms with Crippen molar-refractivity contribution in [2.45, 2.75) is 90.6 Å². The van der Waals surface area contributed by atoms with Gasteiger partial charge in [-0.2, -0.15) is 0 Å². The van der Waals surface area contributed by atoms with Crippen molar-refractivity contribution in [2.75, 3.05) is 27.1 Å². The molecule has 1 fully saturated rings. The highest BCUT2D eigenvalue weighted by Crippen LogP contribution is 2.62. The van der Waals surface area contributed by atoms with E-state index in [-0.39, 0.29) is 41.2 Å². The highest BCUT2D eigenvalue weighted by molar-refractivity contribution is 6.74. The molecule has 0 radical (unpaired) electrons. The van der Waals surface area contributed by atoms with Gasteiger partial charge in [0.15, 0.2) is 14.1 Å². The third-order valence-electron chi connectivity index (χ3n) is 8.66. The molecule has 0 aromatic rings. The summed E-state index contributed by atoms with van der Waals surface area (Å²) in [6.45, 7) is 17.2. The third kappa shape index (κ3) is 4.58. The normalized spacial score (nSPS) is 32.3. The summed E-state index contributed by atoms with van der Waals surface area (Å²) in [7, 11) is -0.368. The van der Waals surface area contributed by atoms with Crippen LogP contribution in [-0.2, 0) is 23.4 Å². The zero-order valence-corrected chi connectivity index (χ0v) is 22.5. The highest BCUT2D eigenvalue weighted by Gasteiger charge is 2.62. The van der Waals surface area contributed by atoms with Gasteiger partial charge in [-0.25, -0.2) is 0 Å². The van der Waals surface area contributed by atoms with Crippen LogP contribution in [0.15, 0.2) is 23.8 Å². The monoisotopic (exact) mass is 464 g/mol. The number of carbonyl (C=O) groups excluding carboxylic acids is 1. The first-order valence-electron chi connectivity index (χ1n) is 12.2. The van der Waals surface area contributed by atoms with Gasteiger partial charge in [0, 0.05) is 23.9 Å². The van der Waals surface area contributed by atoms with E-state index in [1.165, 1.54) is 5.57 Å². The van der Waals surface area contributed by atoms with E-state index in [0.717, 1.165) is 25.7 Å². The molecule has 3 unspecified atom stereocenters. The average Bonchev–Trinajstić information content (AvgIpc) is 2.74. The third-order valence-corrected chi connectivity index (χ3v) is 13.1. The molecule has 5 nitrogen and oxygen atoms in total. The smallest absolute Gasteiger partial charge is 0.192 e. The van der Waals surface area contributed by atoms with Crippen LogP contribution in [0.1, 0.15) is 60.3 Å². The summed E-state index contributed by atoms with van der Waals surface area (Å²) in [5.41, 5.74) is 0.549. The minimum atomic E-state index is -2.03. The molecule has 0 N–H and O–H groups in total. The molecule has 182 valence electrons. The Hall–Kier alpha value is -0.793. The van der Waals surface area contributed by atoms with Crippen LogP contribution < -0.4 is 0 Å². The van der Waals surface area contributed by atoms with Crippen LogP contribution in [-0.4, -0.2) is 53.4 Å². The van der Waals surface area contributed by atoms with Crippen molar-refractivity contribution in [3.05, 3.63) is 23.8 Å². The van der Waals surface area contributed by atoms with Gasteiger partial charge in [-0.1, -0.05) is 52.3 Å². The lowest BCUT2D eigenvalue weighted by atomic mass is 9.49. The molecule has 0 aromatic carbocycles. The van der Waals surface area contributed by atoms with E-state index in [9.17, 15) is 4.79 Å². The van der Waals surface area contributed by atoms with E-state index < -0.39 is 13.7 Å². The fraction of sp³-hybridized carbons (Fsp3) is 0.808. The van der Waals surface area contributed by atoms with Crippen molar-refractivity contribution in [1.82, 2.24) is 0 Å². The average molecular weight is 465 g/mol. The quantitative estimate of drug-likeness (QED) is 0.201. The van der Waals surface area contributed by atoms with Crippen molar-refractivity contribution in [3.8, 4) is 0 Å². The lowest BCUT2D eigenvalue weighted by Crippen LogP contribution is -2.61. The number of hydrogen-bond acceptors (Lipinski definition) is 5. The molecule has 32 heavy (non-hydrogen) atoms. The van der Waals surface area contributed by atoms with Crippen LogP contribution in [0.5, 0.6) is 0 Å². The van der Waals surface area contributed by atoms with E-state index in [1.54, 1.807) is 7.11 Å². The summed E-state index contributed by atoms with van der Waals surface area (Å²) in [6, 6.07) is 0. The number of carbonyl (C=O) groups is 1. The van der Waals surface area contributed by atoms with Crippen LogP contribution in [0.3, 0.4) is 0 Å². The number of hydrogen-bond donors (Lipinski definition) is 0. The second-order valence-electron chi connectivity index (χ2n) is 11.8. The maximum absolute atomic E-state index is 13.4. The summed E-state index contributed by atoms with van der Waals surface area (Å²) in [5.74, 6) is 0.501. The summed E-state index contributed by atoms with van der Waals surface area (Å²) in [5, 5.41) is 0.117. The second kappa shape index (κ2) is 9.45. The Morgan fingerprint density at radius 2 is 1.88 bits per heavy atom. The minimum absolute atomic E-state index is 0.0188. The van der Waals surface area contributed by atoms with E-state index >= 15 is 0 Å². The molecular weight excluding hydrogens is 420 g/mol. The van der Waals surface area contributed by atoms with Gasteiger partial charge in [0.05, 0.1) is 25.4 Å². The lowest BCUT2D eigenvalue weighted by Gasteiger charge is -2.59. The molecule has 0 aromatic heterocycles. The Morgan fingerprint density at radius 3 is 2.53 bits per heavy atom. The largest absolute Gasteiger partial charge is 0.412 e. The highest BCUT2D eigenvalue weighted by atomic mass is 28.4. The predicted octanol–water partition coefficient (Wildman–Crippen LogP) is 5.66. The predicted molar refractivity (Wildman–Crippen MR) is 130 cm³/mol. The summed E-state index contributed by atoms with van der Waals surface area (Å²) in [4.78, 5) is 13.4. The molecule has 1 saturated carbocycles. The van der Waals surface area contributed by atoms with Crippen molar-refractivity contribution in [3.63, 3.8) is 0 Å². The Bertz CT molecular complexity index is 748. The van der Waals surface area contributed by atoms with Gasteiger partial charge in [0.2, 0.25) is 0 Å². The Morgan fingerprint density at radius 1 is 1.16 bits per heavy atom. The molecule has 0 heterocycles. The van der Waals surface area contributed by atoms with Gasteiger partial charge < -0.3 is 18.6 Å². The fourth-order valence-corrected chi connectivity index (χ4v) is 6.88. The van der Waals surface area contributed by atoms with E-state index in [4.69, 9.17) is 18.6 Å². The molecule has 0 saturated heterocycles. The summed E-state index contributed by atoms with van der Waals surface area (Å²) >= 11 is 0. The first kappa shape index (κ1) is 25.8. The summed E-state index contributed by atoms with van der Waals surface area (Å²) in [6.07, 6.45) is 10.1. The number of rotatable bonds is 8. The number of ketones is 1. The van der Waals surface area contributed by atoms with Gasteiger partial charge in [-0.05, 0) is 49.9 Å². The SMILES string of the molecule is COCCOCO[C@@H]1C=C2CCC3C=CC(=O)C(C)(C)C2(CC1)C3O[Si](C)(C)C(C)(C)C. The molecule has 3 rings (SSSR count). The van der Waals surface area contributed by atoms with Crippen molar-refractivity contribution < 1.29 is 23.4 Å². The van der Waals surface area contributed by atoms with Crippen molar-refractivity contribution >= 4 is 14.1 Å². The van der Waals surface area contributed by atoms with E-state index in [1.807, 2.05) is 6.08 Å². The molecule has 0 aliphatic heterocycles. The maximum Gasteiger partial charge on any atom is 0.192 e. The molecule has 6 heteroatoms. The van der Waals surface area contributed by atoms with Crippen LogP contribution in [0, 0.1) is 16.7 Å². The van der Waals surface area contributed by atoms with Gasteiger partial charge in [-0.3, -0.25) is 4.79 Å². The molecule has 0 amide bonds. The fourth-order valence-electron chi connectivity index (χ4n) is 5.51. The minimum Gasteiger partial charge on any atom is -0.412 e. The molecule has 4 atom stereocenters. The topological polar surface area (TPSA) is 54.0 Å². The standard InChI is InChI=1S/C26H44O5Si/c1-24(2,3)32(7,8)31-23-19-9-11-20-17-21(30-18-29-16-15-28-6)13-14-26(20,23)25(4,5)22(27)12-10-19/h10,12,17,19,21,23H,9,11,13-16,18H2,1-8H3/t19?,21-,23?,26?/m0/s1. The molecule has 3 aliphatic rings. The Balaban J connectivity index is 1.94. The zero-order chi connectivity index (χ0) is 23.8. The molecular formula is C26H44O5Si. The number of methoxy groups -OCH3 is 1. The van der Waals surface area contributed by atoms with Crippen LogP contribution in [0.25, 0.3) is 0 Å². The molecule has 3 aliphatic carbocycles. The summed E-state index contributed by atoms with van der Waals surface area (Å²) < 4.78 is 23.8. The molecule has 1 spiro atoms. The molecule has 2 bridgehead atoms. The van der Waals surface area contributed by atoms with Crippen LogP contribution >= 0.6 is 0 Å². The van der Waals surface area contributed by atoms with E-state index in [0.29, 0.717) is 13.2 Å². The maximum atomic E-state index is 13.4. The van der Waals surface area contributed by atoms with Crippen molar-refractivity contribution in [1.29, 1.82) is 0 Å². The number of fused-ring (bicyclic) bond motifs is 1. The number of ether oxygens (including phenoxy) is 3. The van der Waals surface area contributed by atoms with E-state index in [2.05, 4.69) is 59.9 Å².